The Balaban J connectivity index is 2.23. The number of hydrogen-bond acceptors (Lipinski definition) is 3. The van der Waals surface area contributed by atoms with E-state index in [-0.39, 0.29) is 5.28 Å². The first-order valence-corrected chi connectivity index (χ1v) is 6.79. The zero-order valence-corrected chi connectivity index (χ0v) is 11.7. The molecule has 5 heteroatoms. The molecule has 1 fully saturated rings. The molecule has 3 nitrogen and oxygen atoms in total. The van der Waals surface area contributed by atoms with Gasteiger partial charge in [0, 0.05) is 13.1 Å². The molecule has 1 saturated heterocycles. The highest BCUT2D eigenvalue weighted by Crippen LogP contribution is 2.40. The molecule has 0 unspecified atom stereocenters. The molecular formula is C12H17Cl2N3. The van der Waals surface area contributed by atoms with Crippen LogP contribution in [0.25, 0.3) is 0 Å². The Morgan fingerprint density at radius 1 is 1.35 bits per heavy atom. The molecule has 0 aliphatic carbocycles. The van der Waals surface area contributed by atoms with Crippen LogP contribution in [0.3, 0.4) is 0 Å². The van der Waals surface area contributed by atoms with Gasteiger partial charge in [0.1, 0.15) is 5.02 Å². The summed E-state index contributed by atoms with van der Waals surface area (Å²) in [6, 6.07) is 0. The van der Waals surface area contributed by atoms with Crippen molar-refractivity contribution in [3.63, 3.8) is 0 Å². The van der Waals surface area contributed by atoms with Crippen LogP contribution in [0.1, 0.15) is 33.1 Å². The summed E-state index contributed by atoms with van der Waals surface area (Å²) in [6.45, 7) is 6.50. The summed E-state index contributed by atoms with van der Waals surface area (Å²) >= 11 is 12.0. The summed E-state index contributed by atoms with van der Waals surface area (Å²) in [5.41, 5.74) is 0.404. The maximum absolute atomic E-state index is 6.13. The van der Waals surface area contributed by atoms with Gasteiger partial charge >= 0.3 is 0 Å². The molecule has 1 aliphatic rings. The maximum atomic E-state index is 6.13. The average Bonchev–Trinajstić information content (AvgIpc) is 2.77. The van der Waals surface area contributed by atoms with Crippen LogP contribution < -0.4 is 4.90 Å². The minimum Gasteiger partial charge on any atom is -0.355 e. The van der Waals surface area contributed by atoms with Gasteiger partial charge in [-0.3, -0.25) is 0 Å². The van der Waals surface area contributed by atoms with Crippen molar-refractivity contribution in [2.75, 3.05) is 18.0 Å². The van der Waals surface area contributed by atoms with Gasteiger partial charge in [0.25, 0.3) is 0 Å². The third kappa shape index (κ3) is 2.50. The zero-order chi connectivity index (χ0) is 12.5. The Kier molecular flexibility index (Phi) is 3.79. The quantitative estimate of drug-likeness (QED) is 0.785. The lowest BCUT2D eigenvalue weighted by Gasteiger charge is -2.27. The van der Waals surface area contributed by atoms with Gasteiger partial charge in [0.05, 0.1) is 6.20 Å². The van der Waals surface area contributed by atoms with E-state index in [1.54, 1.807) is 6.20 Å². The predicted molar refractivity (Wildman–Crippen MR) is 71.9 cm³/mol. The minimum absolute atomic E-state index is 0.259. The molecule has 2 heterocycles. The molecule has 0 bridgehead atoms. The Bertz CT molecular complexity index is 405. The summed E-state index contributed by atoms with van der Waals surface area (Å²) in [7, 11) is 0. The van der Waals surface area contributed by atoms with E-state index in [4.69, 9.17) is 23.2 Å². The van der Waals surface area contributed by atoms with Crippen LogP contribution in [0.2, 0.25) is 10.3 Å². The van der Waals surface area contributed by atoms with Crippen LogP contribution in [0.15, 0.2) is 6.20 Å². The second-order valence-electron chi connectivity index (χ2n) is 4.69. The fourth-order valence-electron chi connectivity index (χ4n) is 2.50. The van der Waals surface area contributed by atoms with Gasteiger partial charge < -0.3 is 4.90 Å². The third-order valence-corrected chi connectivity index (χ3v) is 4.38. The van der Waals surface area contributed by atoms with Crippen molar-refractivity contribution in [3.05, 3.63) is 16.5 Å². The lowest BCUT2D eigenvalue weighted by molar-refractivity contribution is 0.301. The second-order valence-corrected chi connectivity index (χ2v) is 5.43. The van der Waals surface area contributed by atoms with E-state index in [1.807, 2.05) is 0 Å². The minimum atomic E-state index is 0.259. The van der Waals surface area contributed by atoms with E-state index in [0.717, 1.165) is 18.9 Å². The molecular weight excluding hydrogens is 257 g/mol. The van der Waals surface area contributed by atoms with Gasteiger partial charge in [-0.1, -0.05) is 25.4 Å². The fraction of sp³-hybridized carbons (Fsp3) is 0.667. The van der Waals surface area contributed by atoms with Gasteiger partial charge in [-0.25, -0.2) is 4.98 Å². The molecule has 0 radical (unpaired) electrons. The van der Waals surface area contributed by atoms with Gasteiger partial charge in [-0.05, 0) is 36.3 Å². The molecule has 17 heavy (non-hydrogen) atoms. The third-order valence-electron chi connectivity index (χ3n) is 3.93. The number of rotatable bonds is 3. The first-order chi connectivity index (χ1) is 8.10. The van der Waals surface area contributed by atoms with Crippen molar-refractivity contribution >= 4 is 29.0 Å². The summed E-state index contributed by atoms with van der Waals surface area (Å²) in [5.74, 6) is 0.774. The van der Waals surface area contributed by atoms with Crippen LogP contribution in [0, 0.1) is 5.41 Å². The molecule has 1 aromatic heterocycles. The van der Waals surface area contributed by atoms with Crippen molar-refractivity contribution in [2.24, 2.45) is 5.41 Å². The molecule has 1 aliphatic heterocycles. The van der Waals surface area contributed by atoms with Gasteiger partial charge in [-0.15, -0.1) is 0 Å². The topological polar surface area (TPSA) is 29.0 Å². The Morgan fingerprint density at radius 2 is 2.06 bits per heavy atom. The molecule has 0 saturated carbocycles. The molecule has 94 valence electrons. The van der Waals surface area contributed by atoms with Crippen LogP contribution in [0.5, 0.6) is 0 Å². The Hall–Kier alpha value is -0.540. The lowest BCUT2D eigenvalue weighted by Crippen LogP contribution is -2.27. The van der Waals surface area contributed by atoms with Gasteiger partial charge in [0.15, 0.2) is 5.82 Å². The van der Waals surface area contributed by atoms with E-state index >= 15 is 0 Å². The normalized spacial score (nSPS) is 18.7. The lowest BCUT2D eigenvalue weighted by atomic mass is 9.82. The molecule has 1 aromatic rings. The van der Waals surface area contributed by atoms with Crippen LogP contribution in [0.4, 0.5) is 5.82 Å². The first kappa shape index (κ1) is 12.9. The fourth-order valence-corrected chi connectivity index (χ4v) is 2.84. The van der Waals surface area contributed by atoms with E-state index in [1.165, 1.54) is 19.3 Å². The van der Waals surface area contributed by atoms with Crippen molar-refractivity contribution in [2.45, 2.75) is 33.1 Å². The molecule has 0 spiro atoms. The van der Waals surface area contributed by atoms with Crippen molar-refractivity contribution in [1.82, 2.24) is 9.97 Å². The summed E-state index contributed by atoms with van der Waals surface area (Å²) in [6.07, 6.45) is 5.15. The predicted octanol–water partition coefficient (Wildman–Crippen LogP) is 3.80. The standard InChI is InChI=1S/C12H17Cl2N3/c1-3-12(4-2)5-6-17(8-12)10-9(13)7-15-11(14)16-10/h7H,3-6,8H2,1-2H3. The maximum Gasteiger partial charge on any atom is 0.224 e. The van der Waals surface area contributed by atoms with Crippen molar-refractivity contribution in [1.29, 1.82) is 0 Å². The zero-order valence-electron chi connectivity index (χ0n) is 10.2. The summed E-state index contributed by atoms with van der Waals surface area (Å²) in [4.78, 5) is 10.3. The van der Waals surface area contributed by atoms with Gasteiger partial charge in [0.2, 0.25) is 5.28 Å². The van der Waals surface area contributed by atoms with Crippen LogP contribution in [-0.4, -0.2) is 23.1 Å². The SMILES string of the molecule is CCC1(CC)CCN(c2nc(Cl)ncc2Cl)C1. The summed E-state index contributed by atoms with van der Waals surface area (Å²) < 4.78 is 0. The number of aromatic nitrogens is 2. The van der Waals surface area contributed by atoms with Crippen molar-refractivity contribution < 1.29 is 0 Å². The Labute approximate surface area is 112 Å². The highest BCUT2D eigenvalue weighted by atomic mass is 35.5. The highest BCUT2D eigenvalue weighted by molar-refractivity contribution is 6.33. The number of hydrogen-bond donors (Lipinski definition) is 0. The molecule has 0 atom stereocenters. The second kappa shape index (κ2) is 4.99. The van der Waals surface area contributed by atoms with E-state index in [2.05, 4.69) is 28.7 Å². The summed E-state index contributed by atoms with van der Waals surface area (Å²) in [5, 5.41) is 0.840. The first-order valence-electron chi connectivity index (χ1n) is 6.03. The van der Waals surface area contributed by atoms with E-state index in [9.17, 15) is 0 Å². The van der Waals surface area contributed by atoms with E-state index < -0.39 is 0 Å². The Morgan fingerprint density at radius 3 is 2.65 bits per heavy atom. The van der Waals surface area contributed by atoms with Crippen LogP contribution >= 0.6 is 23.2 Å². The van der Waals surface area contributed by atoms with Gasteiger partial charge in [-0.2, -0.15) is 4.98 Å². The molecule has 0 aromatic carbocycles. The molecule has 0 N–H and O–H groups in total. The average molecular weight is 274 g/mol. The number of anilines is 1. The number of halogens is 2. The van der Waals surface area contributed by atoms with Crippen molar-refractivity contribution in [3.8, 4) is 0 Å². The number of nitrogens with zero attached hydrogens (tertiary/aromatic N) is 3. The molecule has 2 rings (SSSR count). The van der Waals surface area contributed by atoms with E-state index in [0.29, 0.717) is 10.4 Å². The highest BCUT2D eigenvalue weighted by Gasteiger charge is 2.36. The van der Waals surface area contributed by atoms with Crippen LogP contribution in [-0.2, 0) is 0 Å². The smallest absolute Gasteiger partial charge is 0.224 e. The monoisotopic (exact) mass is 273 g/mol. The largest absolute Gasteiger partial charge is 0.355 e. The molecule has 0 amide bonds.